The van der Waals surface area contributed by atoms with Gasteiger partial charge in [0.1, 0.15) is 0 Å². The summed E-state index contributed by atoms with van der Waals surface area (Å²) in [4.78, 5) is 11.2. The number of hydrogen-bond acceptors (Lipinski definition) is 3. The standard InChI is InChI=1S/C13H18O3/c1-4-12(11-8-6-5-7-9-11)16-13(15-3)10(2)14/h5-9,12-13H,4H2,1-3H3. The van der Waals surface area contributed by atoms with Crippen LogP contribution in [0.25, 0.3) is 0 Å². The third kappa shape index (κ3) is 3.43. The van der Waals surface area contributed by atoms with Crippen molar-refractivity contribution in [3.8, 4) is 0 Å². The highest BCUT2D eigenvalue weighted by atomic mass is 16.7. The van der Waals surface area contributed by atoms with Crippen LogP contribution in [0.5, 0.6) is 0 Å². The molecule has 16 heavy (non-hydrogen) atoms. The van der Waals surface area contributed by atoms with E-state index in [1.54, 1.807) is 0 Å². The summed E-state index contributed by atoms with van der Waals surface area (Å²) in [6.45, 7) is 3.48. The predicted molar refractivity (Wildman–Crippen MR) is 62.0 cm³/mol. The second kappa shape index (κ2) is 6.40. The highest BCUT2D eigenvalue weighted by Crippen LogP contribution is 2.22. The molecule has 0 bridgehead atoms. The minimum absolute atomic E-state index is 0.102. The first-order valence-corrected chi connectivity index (χ1v) is 5.42. The van der Waals surface area contributed by atoms with Crippen LogP contribution >= 0.6 is 0 Å². The maximum atomic E-state index is 11.2. The number of benzene rings is 1. The van der Waals surface area contributed by atoms with E-state index in [9.17, 15) is 4.79 Å². The number of carbonyl (C=O) groups is 1. The molecule has 0 spiro atoms. The summed E-state index contributed by atoms with van der Waals surface area (Å²) in [7, 11) is 1.48. The zero-order valence-electron chi connectivity index (χ0n) is 9.97. The van der Waals surface area contributed by atoms with Crippen LogP contribution in [0.1, 0.15) is 31.9 Å². The predicted octanol–water partition coefficient (Wildman–Crippen LogP) is 2.72. The Morgan fingerprint density at radius 3 is 2.38 bits per heavy atom. The minimum Gasteiger partial charge on any atom is -0.349 e. The summed E-state index contributed by atoms with van der Waals surface area (Å²) >= 11 is 0. The average molecular weight is 222 g/mol. The molecule has 0 amide bonds. The zero-order chi connectivity index (χ0) is 12.0. The topological polar surface area (TPSA) is 35.5 Å². The maximum absolute atomic E-state index is 11.2. The first-order valence-electron chi connectivity index (χ1n) is 5.42. The Kier molecular flexibility index (Phi) is 5.15. The number of carbonyl (C=O) groups excluding carboxylic acids is 1. The van der Waals surface area contributed by atoms with Crippen LogP contribution < -0.4 is 0 Å². The summed E-state index contributed by atoms with van der Waals surface area (Å²) in [5, 5.41) is 0. The van der Waals surface area contributed by atoms with Crippen LogP contribution in [0.4, 0.5) is 0 Å². The van der Waals surface area contributed by atoms with Gasteiger partial charge in [-0.25, -0.2) is 0 Å². The SMILES string of the molecule is CCC(OC(OC)C(C)=O)c1ccccc1. The van der Waals surface area contributed by atoms with Gasteiger partial charge in [-0.15, -0.1) is 0 Å². The van der Waals surface area contributed by atoms with Crippen LogP contribution in [0.15, 0.2) is 30.3 Å². The number of methoxy groups -OCH3 is 1. The second-order valence-electron chi connectivity index (χ2n) is 3.62. The van der Waals surface area contributed by atoms with E-state index < -0.39 is 6.29 Å². The summed E-state index contributed by atoms with van der Waals surface area (Å²) < 4.78 is 10.6. The van der Waals surface area contributed by atoms with Crippen LogP contribution in [0.2, 0.25) is 0 Å². The summed E-state index contributed by atoms with van der Waals surface area (Å²) in [6, 6.07) is 9.84. The fourth-order valence-corrected chi connectivity index (χ4v) is 1.54. The number of rotatable bonds is 6. The normalized spacial score (nSPS) is 14.4. The van der Waals surface area contributed by atoms with Gasteiger partial charge in [0.25, 0.3) is 0 Å². The van der Waals surface area contributed by atoms with Crippen molar-refractivity contribution in [3.63, 3.8) is 0 Å². The quantitative estimate of drug-likeness (QED) is 0.694. The Hall–Kier alpha value is -1.19. The molecule has 0 aliphatic carbocycles. The molecule has 0 fully saturated rings. The molecule has 0 saturated heterocycles. The molecule has 88 valence electrons. The third-order valence-electron chi connectivity index (χ3n) is 2.38. The van der Waals surface area contributed by atoms with E-state index in [1.807, 2.05) is 37.3 Å². The maximum Gasteiger partial charge on any atom is 0.217 e. The molecule has 2 unspecified atom stereocenters. The number of ether oxygens (including phenoxy) is 2. The number of ketones is 1. The Bertz CT molecular complexity index is 321. The fourth-order valence-electron chi connectivity index (χ4n) is 1.54. The van der Waals surface area contributed by atoms with Crippen LogP contribution in [0.3, 0.4) is 0 Å². The second-order valence-corrected chi connectivity index (χ2v) is 3.62. The van der Waals surface area contributed by atoms with Crippen molar-refractivity contribution in [2.24, 2.45) is 0 Å². The Balaban J connectivity index is 2.72. The molecule has 1 rings (SSSR count). The van der Waals surface area contributed by atoms with E-state index in [0.29, 0.717) is 0 Å². The molecule has 2 atom stereocenters. The van der Waals surface area contributed by atoms with Gasteiger partial charge in [-0.3, -0.25) is 4.79 Å². The third-order valence-corrected chi connectivity index (χ3v) is 2.38. The molecule has 3 nitrogen and oxygen atoms in total. The van der Waals surface area contributed by atoms with Gasteiger partial charge in [0.2, 0.25) is 6.29 Å². The molecule has 1 aromatic rings. The lowest BCUT2D eigenvalue weighted by Crippen LogP contribution is -2.25. The van der Waals surface area contributed by atoms with Crippen molar-refractivity contribution in [3.05, 3.63) is 35.9 Å². The molecule has 0 aromatic heterocycles. The lowest BCUT2D eigenvalue weighted by Gasteiger charge is -2.21. The smallest absolute Gasteiger partial charge is 0.217 e. The van der Waals surface area contributed by atoms with Gasteiger partial charge >= 0.3 is 0 Å². The summed E-state index contributed by atoms with van der Waals surface area (Å²) in [5.74, 6) is -0.114. The molecule has 0 N–H and O–H groups in total. The van der Waals surface area contributed by atoms with E-state index in [0.717, 1.165) is 12.0 Å². The van der Waals surface area contributed by atoms with Crippen molar-refractivity contribution in [1.29, 1.82) is 0 Å². The van der Waals surface area contributed by atoms with Gasteiger partial charge in [0, 0.05) is 7.11 Å². The summed E-state index contributed by atoms with van der Waals surface area (Å²) in [6.07, 6.45) is -0.0721. The molecule has 0 saturated carbocycles. The highest BCUT2D eigenvalue weighted by molar-refractivity contribution is 5.79. The molecular formula is C13H18O3. The van der Waals surface area contributed by atoms with E-state index >= 15 is 0 Å². The van der Waals surface area contributed by atoms with Gasteiger partial charge < -0.3 is 9.47 Å². The molecule has 0 aliphatic rings. The van der Waals surface area contributed by atoms with Crippen LogP contribution in [-0.4, -0.2) is 19.2 Å². The van der Waals surface area contributed by atoms with E-state index in [-0.39, 0.29) is 11.9 Å². The minimum atomic E-state index is -0.773. The molecule has 0 radical (unpaired) electrons. The molecule has 1 aromatic carbocycles. The van der Waals surface area contributed by atoms with Crippen molar-refractivity contribution in [2.75, 3.05) is 7.11 Å². The number of Topliss-reactive ketones (excluding diaryl/α,β-unsaturated/α-hetero) is 1. The lowest BCUT2D eigenvalue weighted by molar-refractivity contribution is -0.175. The first kappa shape index (κ1) is 12.9. The molecular weight excluding hydrogens is 204 g/mol. The zero-order valence-corrected chi connectivity index (χ0v) is 9.97. The Labute approximate surface area is 96.4 Å². The van der Waals surface area contributed by atoms with Gasteiger partial charge in [-0.05, 0) is 18.9 Å². The molecule has 0 heterocycles. The van der Waals surface area contributed by atoms with E-state index in [2.05, 4.69) is 0 Å². The fraction of sp³-hybridized carbons (Fsp3) is 0.462. The van der Waals surface area contributed by atoms with Crippen molar-refractivity contribution >= 4 is 5.78 Å². The van der Waals surface area contributed by atoms with Crippen LogP contribution in [0, 0.1) is 0 Å². The molecule has 3 heteroatoms. The van der Waals surface area contributed by atoms with Gasteiger partial charge in [-0.2, -0.15) is 0 Å². The van der Waals surface area contributed by atoms with Gasteiger partial charge in [-0.1, -0.05) is 37.3 Å². The van der Waals surface area contributed by atoms with E-state index in [4.69, 9.17) is 9.47 Å². The van der Waals surface area contributed by atoms with E-state index in [1.165, 1.54) is 14.0 Å². The van der Waals surface area contributed by atoms with Gasteiger partial charge in [0.15, 0.2) is 5.78 Å². The Morgan fingerprint density at radius 1 is 1.31 bits per heavy atom. The van der Waals surface area contributed by atoms with Crippen LogP contribution in [-0.2, 0) is 14.3 Å². The van der Waals surface area contributed by atoms with Crippen molar-refractivity contribution < 1.29 is 14.3 Å². The molecule has 0 aliphatic heterocycles. The Morgan fingerprint density at radius 2 is 1.94 bits per heavy atom. The largest absolute Gasteiger partial charge is 0.349 e. The summed E-state index contributed by atoms with van der Waals surface area (Å²) in [5.41, 5.74) is 1.06. The number of hydrogen-bond donors (Lipinski definition) is 0. The lowest BCUT2D eigenvalue weighted by atomic mass is 10.1. The monoisotopic (exact) mass is 222 g/mol. The van der Waals surface area contributed by atoms with Gasteiger partial charge in [0.05, 0.1) is 6.10 Å². The first-order chi connectivity index (χ1) is 7.69. The van der Waals surface area contributed by atoms with Crippen molar-refractivity contribution in [1.82, 2.24) is 0 Å². The highest BCUT2D eigenvalue weighted by Gasteiger charge is 2.19. The average Bonchev–Trinajstić information content (AvgIpc) is 2.31. The van der Waals surface area contributed by atoms with Crippen molar-refractivity contribution in [2.45, 2.75) is 32.7 Å².